The third-order valence-corrected chi connectivity index (χ3v) is 5.69. The maximum Gasteiger partial charge on any atom is 0.227 e. The molecular formula is C23H32N8O. The molecule has 9 heteroatoms. The normalized spacial score (nSPS) is 14.9. The fraction of sp³-hybridized carbons (Fsp3) is 0.435. The second kappa shape index (κ2) is 9.44. The van der Waals surface area contributed by atoms with Crippen molar-refractivity contribution in [2.45, 2.75) is 25.8 Å². The van der Waals surface area contributed by atoms with E-state index in [9.17, 15) is 0 Å². The number of hydrogen-bond acceptors (Lipinski definition) is 8. The van der Waals surface area contributed by atoms with Crippen molar-refractivity contribution in [1.29, 1.82) is 0 Å². The van der Waals surface area contributed by atoms with E-state index in [0.29, 0.717) is 29.6 Å². The summed E-state index contributed by atoms with van der Waals surface area (Å²) in [6.07, 6.45) is 6.71. The van der Waals surface area contributed by atoms with Crippen LogP contribution in [-0.4, -0.2) is 65.9 Å². The molecule has 170 valence electrons. The van der Waals surface area contributed by atoms with Crippen molar-refractivity contribution >= 4 is 23.0 Å². The molecule has 3 N–H and O–H groups in total. The fourth-order valence-corrected chi connectivity index (χ4v) is 3.89. The highest BCUT2D eigenvalue weighted by atomic mass is 16.5. The minimum Gasteiger partial charge on any atom is -0.494 e. The molecule has 9 nitrogen and oxygen atoms in total. The number of nitrogens with zero attached hydrogens (tertiary/aromatic N) is 6. The first-order valence-electron chi connectivity index (χ1n) is 12.2. The van der Waals surface area contributed by atoms with Gasteiger partial charge in [-0.3, -0.25) is 4.68 Å². The molecule has 3 aromatic rings. The Balaban J connectivity index is 1.65. The molecule has 2 aromatic heterocycles. The van der Waals surface area contributed by atoms with E-state index in [2.05, 4.69) is 25.3 Å². The highest BCUT2D eigenvalue weighted by molar-refractivity contribution is 5.79. The van der Waals surface area contributed by atoms with Gasteiger partial charge in [0.15, 0.2) is 0 Å². The summed E-state index contributed by atoms with van der Waals surface area (Å²) in [5.41, 5.74) is 10.8. The van der Waals surface area contributed by atoms with E-state index in [0.717, 1.165) is 43.6 Å². The number of methoxy groups -OCH3 is 1. The Morgan fingerprint density at radius 2 is 2.12 bits per heavy atom. The average Bonchev–Trinajstić information content (AvgIpc) is 3.23. The first-order chi connectivity index (χ1) is 16.6. The zero-order valence-corrected chi connectivity index (χ0v) is 18.8. The van der Waals surface area contributed by atoms with Gasteiger partial charge in [-0.15, -0.1) is 0 Å². The molecule has 3 heterocycles. The Hall–Kier alpha value is -3.33. The highest BCUT2D eigenvalue weighted by Gasteiger charge is 2.18. The van der Waals surface area contributed by atoms with Crippen LogP contribution in [0, 0.1) is 0 Å². The second-order valence-electron chi connectivity index (χ2n) is 8.31. The standard InChI is InChI=1S/C23H32N8O/c1-29(2)11-12-30(3)21-14-22(32-4)19(13-17(21)24)28-23-25-9-8-18(27-23)16-15-26-31-10-6-5-7-20(16)31/h8-9,13-15H,5-7,10-12,24H2,1-4H3,(H,25,27,28)/i4D3. The summed E-state index contributed by atoms with van der Waals surface area (Å²) in [5, 5.41) is 7.60. The van der Waals surface area contributed by atoms with Gasteiger partial charge in [0.1, 0.15) is 5.75 Å². The summed E-state index contributed by atoms with van der Waals surface area (Å²) in [5.74, 6) is 0.449. The molecule has 4 rings (SSSR count). The zero-order valence-electron chi connectivity index (χ0n) is 21.8. The van der Waals surface area contributed by atoms with Crippen molar-refractivity contribution in [2.24, 2.45) is 0 Å². The average molecular weight is 440 g/mol. The van der Waals surface area contributed by atoms with Crippen molar-refractivity contribution in [3.63, 3.8) is 0 Å². The molecule has 1 aromatic carbocycles. The summed E-state index contributed by atoms with van der Waals surface area (Å²) < 4.78 is 30.2. The van der Waals surface area contributed by atoms with Gasteiger partial charge in [0.05, 0.1) is 40.1 Å². The van der Waals surface area contributed by atoms with Crippen LogP contribution in [0.1, 0.15) is 22.6 Å². The maximum atomic E-state index is 7.62. The van der Waals surface area contributed by atoms with Crippen LogP contribution in [0.15, 0.2) is 30.6 Å². The minimum absolute atomic E-state index is 0.141. The van der Waals surface area contributed by atoms with Gasteiger partial charge in [0.2, 0.25) is 5.95 Å². The van der Waals surface area contributed by atoms with Gasteiger partial charge in [-0.05, 0) is 45.5 Å². The molecule has 0 aliphatic carbocycles. The topological polar surface area (TPSA) is 97.4 Å². The molecule has 1 aliphatic heterocycles. The number of nitrogens with one attached hydrogen (secondary N) is 1. The number of nitrogen functional groups attached to an aromatic ring is 1. The first kappa shape index (κ1) is 18.3. The number of nitrogens with two attached hydrogens (primary N) is 1. The summed E-state index contributed by atoms with van der Waals surface area (Å²) in [7, 11) is 3.25. The van der Waals surface area contributed by atoms with Gasteiger partial charge in [0, 0.05) is 50.2 Å². The van der Waals surface area contributed by atoms with Crippen LogP contribution >= 0.6 is 0 Å². The molecule has 0 radical (unpaired) electrons. The Labute approximate surface area is 193 Å². The molecule has 32 heavy (non-hydrogen) atoms. The van der Waals surface area contributed by atoms with Gasteiger partial charge in [-0.1, -0.05) is 0 Å². The number of fused-ring (bicyclic) bond motifs is 1. The number of anilines is 4. The van der Waals surface area contributed by atoms with E-state index in [4.69, 9.17) is 14.6 Å². The predicted molar refractivity (Wildman–Crippen MR) is 129 cm³/mol. The van der Waals surface area contributed by atoms with Gasteiger partial charge < -0.3 is 25.6 Å². The van der Waals surface area contributed by atoms with Crippen LogP contribution in [0.25, 0.3) is 11.3 Å². The van der Waals surface area contributed by atoms with Crippen LogP contribution in [0.4, 0.5) is 23.0 Å². The smallest absolute Gasteiger partial charge is 0.227 e. The van der Waals surface area contributed by atoms with Crippen LogP contribution in [-0.2, 0) is 13.0 Å². The van der Waals surface area contributed by atoms with E-state index >= 15 is 0 Å². The number of rotatable bonds is 8. The SMILES string of the molecule is [2H]C([2H])([2H])Oc1cc(N(C)CCN(C)C)c(N)cc1Nc1nccc(-c2cnn3c2CCCC3)n1. The van der Waals surface area contributed by atoms with Crippen molar-refractivity contribution in [2.75, 3.05) is 57.2 Å². The summed E-state index contributed by atoms with van der Waals surface area (Å²) in [6.45, 7) is 2.43. The number of aryl methyl sites for hydroxylation is 1. The summed E-state index contributed by atoms with van der Waals surface area (Å²) in [4.78, 5) is 13.0. The van der Waals surface area contributed by atoms with Crippen molar-refractivity contribution in [1.82, 2.24) is 24.6 Å². The number of ether oxygens (including phenoxy) is 1. The highest BCUT2D eigenvalue weighted by Crippen LogP contribution is 2.36. The largest absolute Gasteiger partial charge is 0.494 e. The third kappa shape index (κ3) is 4.62. The number of likely N-dealkylation sites (N-methyl/N-ethyl adjacent to an activating group) is 2. The molecule has 0 amide bonds. The number of benzene rings is 1. The molecule has 0 atom stereocenters. The maximum absolute atomic E-state index is 7.62. The van der Waals surface area contributed by atoms with E-state index < -0.39 is 7.04 Å². The van der Waals surface area contributed by atoms with Crippen molar-refractivity contribution in [3.05, 3.63) is 36.3 Å². The molecule has 0 saturated heterocycles. The Morgan fingerprint density at radius 1 is 1.25 bits per heavy atom. The Kier molecular flexibility index (Phi) is 5.38. The molecule has 0 spiro atoms. The lowest BCUT2D eigenvalue weighted by atomic mass is 10.0. The predicted octanol–water partition coefficient (Wildman–Crippen LogP) is 3.01. The Morgan fingerprint density at radius 3 is 2.94 bits per heavy atom. The second-order valence-corrected chi connectivity index (χ2v) is 8.31. The molecule has 0 unspecified atom stereocenters. The molecule has 1 aliphatic rings. The van der Waals surface area contributed by atoms with Crippen molar-refractivity contribution < 1.29 is 8.85 Å². The monoisotopic (exact) mass is 439 g/mol. The zero-order chi connectivity index (χ0) is 25.2. The van der Waals surface area contributed by atoms with Gasteiger partial charge in [-0.25, -0.2) is 9.97 Å². The Bertz CT molecular complexity index is 1180. The first-order valence-corrected chi connectivity index (χ1v) is 10.7. The van der Waals surface area contributed by atoms with Gasteiger partial charge >= 0.3 is 0 Å². The number of hydrogen-bond donors (Lipinski definition) is 2. The lowest BCUT2D eigenvalue weighted by Crippen LogP contribution is -2.29. The lowest BCUT2D eigenvalue weighted by molar-refractivity contribution is 0.413. The van der Waals surface area contributed by atoms with Crippen LogP contribution in [0.5, 0.6) is 5.75 Å². The van der Waals surface area contributed by atoms with E-state index in [1.807, 2.05) is 43.0 Å². The third-order valence-electron chi connectivity index (χ3n) is 5.69. The number of aromatic nitrogens is 4. The van der Waals surface area contributed by atoms with Gasteiger partial charge in [-0.2, -0.15) is 5.10 Å². The van der Waals surface area contributed by atoms with Crippen molar-refractivity contribution in [3.8, 4) is 17.0 Å². The molecule has 0 saturated carbocycles. The lowest BCUT2D eigenvalue weighted by Gasteiger charge is -2.24. The fourth-order valence-electron chi connectivity index (χ4n) is 3.89. The summed E-state index contributed by atoms with van der Waals surface area (Å²) >= 11 is 0. The summed E-state index contributed by atoms with van der Waals surface area (Å²) in [6, 6.07) is 5.13. The minimum atomic E-state index is -2.63. The van der Waals surface area contributed by atoms with E-state index in [1.54, 1.807) is 18.3 Å². The van der Waals surface area contributed by atoms with E-state index in [1.165, 1.54) is 5.69 Å². The quantitative estimate of drug-likeness (QED) is 0.517. The molecule has 0 fully saturated rings. The van der Waals surface area contributed by atoms with Gasteiger partial charge in [0.25, 0.3) is 0 Å². The van der Waals surface area contributed by atoms with Crippen LogP contribution in [0.2, 0.25) is 0 Å². The molecular weight excluding hydrogens is 404 g/mol. The van der Waals surface area contributed by atoms with E-state index in [-0.39, 0.29) is 5.75 Å². The molecule has 0 bridgehead atoms. The van der Waals surface area contributed by atoms with Crippen LogP contribution < -0.4 is 20.7 Å². The van der Waals surface area contributed by atoms with Crippen LogP contribution in [0.3, 0.4) is 0 Å².